The number of aromatic nitrogens is 5. The molecule has 9 nitrogen and oxygen atoms in total. The van der Waals surface area contributed by atoms with E-state index in [1.54, 1.807) is 33.9 Å². The monoisotopic (exact) mass is 603 g/mol. The SMILES string of the molecule is CCn1nccc1C(=O)N[C@H](c1cn2ncc([C@H](NC(=O)CC3CC(F)(F)C3)C3CCC3)cc2n1)C1CCC(F)(F)CC1. The summed E-state index contributed by atoms with van der Waals surface area (Å²) < 4.78 is 57.8. The second kappa shape index (κ2) is 11.5. The third-order valence-corrected chi connectivity index (χ3v) is 9.39. The lowest BCUT2D eigenvalue weighted by Crippen LogP contribution is -2.41. The highest BCUT2D eigenvalue weighted by Gasteiger charge is 2.46. The number of alkyl halides is 4. The summed E-state index contributed by atoms with van der Waals surface area (Å²) in [6.07, 6.45) is 7.38. The molecule has 2 amide bonds. The fraction of sp³-hybridized carbons (Fsp3) is 0.633. The topological polar surface area (TPSA) is 106 Å². The van der Waals surface area contributed by atoms with Crippen molar-refractivity contribution >= 4 is 17.5 Å². The summed E-state index contributed by atoms with van der Waals surface area (Å²) >= 11 is 0. The maximum absolute atomic E-state index is 14.0. The molecular weight excluding hydrogens is 566 g/mol. The van der Waals surface area contributed by atoms with Crippen LogP contribution in [0.1, 0.15) is 105 Å². The number of nitrogens with zero attached hydrogens (tertiary/aromatic N) is 5. The Bertz CT molecular complexity index is 1470. The molecule has 3 aromatic heterocycles. The van der Waals surface area contributed by atoms with E-state index in [-0.39, 0.29) is 80.6 Å². The van der Waals surface area contributed by atoms with Crippen molar-refractivity contribution in [3.8, 4) is 0 Å². The van der Waals surface area contributed by atoms with Crippen LogP contribution in [0.3, 0.4) is 0 Å². The van der Waals surface area contributed by atoms with Gasteiger partial charge in [-0.05, 0) is 68.1 Å². The summed E-state index contributed by atoms with van der Waals surface area (Å²) in [6.45, 7) is 2.38. The van der Waals surface area contributed by atoms with Crippen LogP contribution in [0.2, 0.25) is 0 Å². The lowest BCUT2D eigenvalue weighted by molar-refractivity contribution is -0.134. The molecular formula is C30H37F4N7O2. The van der Waals surface area contributed by atoms with E-state index in [4.69, 9.17) is 4.98 Å². The van der Waals surface area contributed by atoms with Crippen LogP contribution in [0.5, 0.6) is 0 Å². The first-order chi connectivity index (χ1) is 20.5. The molecule has 2 atom stereocenters. The van der Waals surface area contributed by atoms with Gasteiger partial charge in [0.05, 0.1) is 30.2 Å². The van der Waals surface area contributed by atoms with Crippen LogP contribution in [0, 0.1) is 17.8 Å². The Morgan fingerprint density at radius 2 is 1.72 bits per heavy atom. The smallest absolute Gasteiger partial charge is 0.270 e. The predicted octanol–water partition coefficient (Wildman–Crippen LogP) is 5.64. The van der Waals surface area contributed by atoms with Crippen molar-refractivity contribution in [2.24, 2.45) is 17.8 Å². The minimum Gasteiger partial charge on any atom is -0.349 e. The third-order valence-electron chi connectivity index (χ3n) is 9.39. The minimum atomic E-state index is -2.72. The van der Waals surface area contributed by atoms with Crippen LogP contribution in [0.25, 0.3) is 5.65 Å². The fourth-order valence-electron chi connectivity index (χ4n) is 6.72. The highest BCUT2D eigenvalue weighted by atomic mass is 19.3. The number of nitrogens with one attached hydrogen (secondary N) is 2. The van der Waals surface area contributed by atoms with Gasteiger partial charge in [-0.1, -0.05) is 6.42 Å². The number of halogens is 4. The highest BCUT2D eigenvalue weighted by molar-refractivity contribution is 5.92. The van der Waals surface area contributed by atoms with Crippen molar-refractivity contribution < 1.29 is 27.2 Å². The van der Waals surface area contributed by atoms with Gasteiger partial charge in [-0.25, -0.2) is 27.1 Å². The first-order valence-electron chi connectivity index (χ1n) is 15.2. The zero-order valence-electron chi connectivity index (χ0n) is 24.1. The molecule has 3 aromatic rings. The zero-order chi connectivity index (χ0) is 30.4. The average Bonchev–Trinajstić information content (AvgIpc) is 3.56. The van der Waals surface area contributed by atoms with Crippen molar-refractivity contribution in [2.45, 2.75) is 102 Å². The zero-order valence-corrected chi connectivity index (χ0v) is 24.1. The molecule has 3 fully saturated rings. The van der Waals surface area contributed by atoms with E-state index in [0.717, 1.165) is 24.8 Å². The largest absolute Gasteiger partial charge is 0.349 e. The molecule has 3 heterocycles. The molecule has 0 aliphatic heterocycles. The normalized spacial score (nSPS) is 22.0. The Labute approximate surface area is 246 Å². The Morgan fingerprint density at radius 3 is 2.37 bits per heavy atom. The Kier molecular flexibility index (Phi) is 7.93. The molecule has 0 spiro atoms. The number of carbonyl (C=O) groups excluding carboxylic acids is 2. The van der Waals surface area contributed by atoms with E-state index >= 15 is 0 Å². The van der Waals surface area contributed by atoms with E-state index in [9.17, 15) is 27.2 Å². The minimum absolute atomic E-state index is 0.0702. The number of carbonyl (C=O) groups is 2. The molecule has 3 saturated carbocycles. The molecule has 0 radical (unpaired) electrons. The number of rotatable bonds is 10. The lowest BCUT2D eigenvalue weighted by Gasteiger charge is -2.37. The first kappa shape index (κ1) is 29.6. The standard InChI is InChI=1S/C30H37F4N7O2/c1-2-40-23(8-11-35-40)28(43)39-27(20-6-9-29(31,32)10-7-20)22-17-41-24(37-22)13-21(16-36-41)26(19-4-3-5-19)38-25(42)12-18-14-30(33,34)15-18/h8,11,13,16-20,26-27H,2-7,9-10,12,14-15H2,1H3,(H,38,42)(H,39,43)/t26-,27+/m1/s1. The van der Waals surface area contributed by atoms with Crippen molar-refractivity contribution in [3.63, 3.8) is 0 Å². The fourth-order valence-corrected chi connectivity index (χ4v) is 6.72. The van der Waals surface area contributed by atoms with Gasteiger partial charge < -0.3 is 10.6 Å². The highest BCUT2D eigenvalue weighted by Crippen LogP contribution is 2.45. The van der Waals surface area contributed by atoms with Crippen LogP contribution in [0.4, 0.5) is 17.6 Å². The quantitative estimate of drug-likeness (QED) is 0.292. The maximum Gasteiger partial charge on any atom is 0.270 e. The van der Waals surface area contributed by atoms with Gasteiger partial charge >= 0.3 is 0 Å². The van der Waals surface area contributed by atoms with Crippen molar-refractivity contribution in [2.75, 3.05) is 0 Å². The molecule has 13 heteroatoms. The second-order valence-electron chi connectivity index (χ2n) is 12.5. The summed E-state index contributed by atoms with van der Waals surface area (Å²) in [4.78, 5) is 30.9. The molecule has 0 saturated heterocycles. The molecule has 2 N–H and O–H groups in total. The molecule has 0 aromatic carbocycles. The van der Waals surface area contributed by atoms with E-state index in [0.29, 0.717) is 23.6 Å². The summed E-state index contributed by atoms with van der Waals surface area (Å²) in [5.41, 5.74) is 2.17. The Hall–Kier alpha value is -3.51. The summed E-state index contributed by atoms with van der Waals surface area (Å²) in [7, 11) is 0. The van der Waals surface area contributed by atoms with E-state index in [1.807, 2.05) is 13.0 Å². The number of hydrogen-bond acceptors (Lipinski definition) is 5. The van der Waals surface area contributed by atoms with Crippen LogP contribution in [0.15, 0.2) is 30.7 Å². The summed E-state index contributed by atoms with van der Waals surface area (Å²) in [6, 6.07) is 2.53. The maximum atomic E-state index is 14.0. The number of hydrogen-bond donors (Lipinski definition) is 2. The predicted molar refractivity (Wildman–Crippen MR) is 149 cm³/mol. The summed E-state index contributed by atoms with van der Waals surface area (Å²) in [5, 5.41) is 14.8. The van der Waals surface area contributed by atoms with Crippen molar-refractivity contribution in [3.05, 3.63) is 47.7 Å². The van der Waals surface area contributed by atoms with Crippen molar-refractivity contribution in [1.82, 2.24) is 35.0 Å². The van der Waals surface area contributed by atoms with Gasteiger partial charge in [-0.15, -0.1) is 0 Å². The molecule has 43 heavy (non-hydrogen) atoms. The Balaban J connectivity index is 1.24. The molecule has 3 aliphatic carbocycles. The van der Waals surface area contributed by atoms with Crippen LogP contribution in [-0.2, 0) is 11.3 Å². The third kappa shape index (κ3) is 6.40. The van der Waals surface area contributed by atoms with Crippen LogP contribution >= 0.6 is 0 Å². The number of amides is 2. The van der Waals surface area contributed by atoms with Gasteiger partial charge in [0.15, 0.2) is 5.65 Å². The van der Waals surface area contributed by atoms with Gasteiger partial charge in [0.1, 0.15) is 5.69 Å². The molecule has 3 aliphatic rings. The van der Waals surface area contributed by atoms with Gasteiger partial charge in [0.2, 0.25) is 17.8 Å². The van der Waals surface area contributed by atoms with E-state index in [1.165, 1.54) is 0 Å². The number of aryl methyl sites for hydroxylation is 1. The molecule has 0 bridgehead atoms. The molecule has 232 valence electrons. The molecule has 6 rings (SSSR count). The molecule has 0 unspecified atom stereocenters. The summed E-state index contributed by atoms with van der Waals surface area (Å²) in [5.74, 6) is -6.33. The van der Waals surface area contributed by atoms with Gasteiger partial charge in [-0.2, -0.15) is 10.2 Å². The number of fused-ring (bicyclic) bond motifs is 1. The van der Waals surface area contributed by atoms with Crippen LogP contribution < -0.4 is 10.6 Å². The Morgan fingerprint density at radius 1 is 1.00 bits per heavy atom. The lowest BCUT2D eigenvalue weighted by atomic mass is 9.76. The second-order valence-corrected chi connectivity index (χ2v) is 12.5. The van der Waals surface area contributed by atoms with Gasteiger partial charge in [0, 0.05) is 44.8 Å². The van der Waals surface area contributed by atoms with Gasteiger partial charge in [0.25, 0.3) is 5.91 Å². The van der Waals surface area contributed by atoms with Crippen molar-refractivity contribution in [1.29, 1.82) is 0 Å². The van der Waals surface area contributed by atoms with Gasteiger partial charge in [-0.3, -0.25) is 14.3 Å². The number of imidazole rings is 1. The van der Waals surface area contributed by atoms with E-state index < -0.39 is 17.9 Å². The van der Waals surface area contributed by atoms with E-state index in [2.05, 4.69) is 20.8 Å². The van der Waals surface area contributed by atoms with Crippen LogP contribution in [-0.4, -0.2) is 48.0 Å². The first-order valence-corrected chi connectivity index (χ1v) is 15.2. The average molecular weight is 604 g/mol.